The Morgan fingerprint density at radius 3 is 2.68 bits per heavy atom. The molecule has 0 radical (unpaired) electrons. The minimum absolute atomic E-state index is 0.0847. The Kier molecular flexibility index (Phi) is 7.12. The number of furan rings is 1. The second-order valence-corrected chi connectivity index (χ2v) is 7.98. The molecule has 0 aliphatic carbocycles. The smallest absolute Gasteiger partial charge is 0.343 e. The third-order valence-corrected chi connectivity index (χ3v) is 6.16. The predicted octanol–water partition coefficient (Wildman–Crippen LogP) is 4.21. The largest absolute Gasteiger partial charge is 0.507 e. The minimum Gasteiger partial charge on any atom is -0.507 e. The highest BCUT2D eigenvalue weighted by Gasteiger charge is 2.34. The van der Waals surface area contributed by atoms with Crippen molar-refractivity contribution in [2.24, 2.45) is 10.7 Å². The van der Waals surface area contributed by atoms with Crippen LogP contribution in [-0.4, -0.2) is 55.7 Å². The molecule has 34 heavy (non-hydrogen) atoms. The van der Waals surface area contributed by atoms with Crippen molar-refractivity contribution in [3.05, 3.63) is 65.1 Å². The quantitative estimate of drug-likeness (QED) is 0.234. The van der Waals surface area contributed by atoms with Gasteiger partial charge in [-0.05, 0) is 32.2 Å². The Morgan fingerprint density at radius 1 is 1.32 bits per heavy atom. The van der Waals surface area contributed by atoms with Gasteiger partial charge in [-0.3, -0.25) is 15.6 Å². The number of esters is 1. The fourth-order valence-corrected chi connectivity index (χ4v) is 4.68. The average molecular weight is 464 g/mol. The van der Waals surface area contributed by atoms with E-state index < -0.39 is 12.0 Å². The number of nitrogens with two attached hydrogens (primary N) is 1. The van der Waals surface area contributed by atoms with Crippen molar-refractivity contribution in [3.63, 3.8) is 0 Å². The summed E-state index contributed by atoms with van der Waals surface area (Å²) in [6, 6.07) is 7.03. The van der Waals surface area contributed by atoms with Crippen molar-refractivity contribution in [1.29, 1.82) is 0 Å². The standard InChI is InChI=1S/C26H29N3O5/c1-4-17(9-10-28-3)23(29-11-13-32-14-12-29)22-21-20(26(31)33-15-27)16(2)34-25(21)19-8-6-5-7-18(19)24(22)30/h4-10,23,30H,3,11-15,27H2,1-2H3/b10-9-,17-4+. The molecule has 2 aromatic carbocycles. The van der Waals surface area contributed by atoms with E-state index in [4.69, 9.17) is 19.6 Å². The molecule has 1 atom stereocenters. The Labute approximate surface area is 197 Å². The SMILES string of the molecule is C=N/C=C\C(=C/C)C(c1c(O)c2ccccc2c2oc(C)c(C(=O)OCN)c12)N1CCOCC1. The van der Waals surface area contributed by atoms with E-state index in [2.05, 4.69) is 16.6 Å². The predicted molar refractivity (Wildman–Crippen MR) is 132 cm³/mol. The number of hydrogen-bond acceptors (Lipinski definition) is 8. The fourth-order valence-electron chi connectivity index (χ4n) is 4.68. The summed E-state index contributed by atoms with van der Waals surface area (Å²) in [6.07, 6.45) is 5.44. The van der Waals surface area contributed by atoms with Gasteiger partial charge in [-0.2, -0.15) is 0 Å². The number of carbonyl (C=O) groups is 1. The first-order valence-electron chi connectivity index (χ1n) is 11.2. The molecule has 3 aromatic rings. The molecule has 0 bridgehead atoms. The third-order valence-electron chi connectivity index (χ3n) is 6.16. The molecule has 1 saturated heterocycles. The minimum atomic E-state index is -0.597. The van der Waals surface area contributed by atoms with Crippen molar-refractivity contribution in [3.8, 4) is 5.75 Å². The lowest BCUT2D eigenvalue weighted by atomic mass is 9.88. The van der Waals surface area contributed by atoms with Crippen LogP contribution in [0.25, 0.3) is 21.7 Å². The van der Waals surface area contributed by atoms with Crippen LogP contribution in [0.4, 0.5) is 0 Å². The zero-order valence-corrected chi connectivity index (χ0v) is 19.4. The van der Waals surface area contributed by atoms with Gasteiger partial charge in [0.1, 0.15) is 29.4 Å². The van der Waals surface area contributed by atoms with Crippen molar-refractivity contribution in [1.82, 2.24) is 4.90 Å². The molecule has 1 fully saturated rings. The van der Waals surface area contributed by atoms with Gasteiger partial charge in [-0.25, -0.2) is 4.79 Å². The third kappa shape index (κ3) is 4.11. The van der Waals surface area contributed by atoms with Crippen LogP contribution in [-0.2, 0) is 9.47 Å². The molecule has 0 spiro atoms. The number of hydrogen-bond donors (Lipinski definition) is 2. The molecule has 8 nitrogen and oxygen atoms in total. The van der Waals surface area contributed by atoms with E-state index in [0.717, 1.165) is 5.57 Å². The molecule has 1 aliphatic rings. The van der Waals surface area contributed by atoms with Crippen molar-refractivity contribution < 1.29 is 23.8 Å². The van der Waals surface area contributed by atoms with Gasteiger partial charge < -0.3 is 19.0 Å². The molecule has 178 valence electrons. The zero-order valence-electron chi connectivity index (χ0n) is 19.4. The van der Waals surface area contributed by atoms with Crippen LogP contribution in [0.3, 0.4) is 0 Å². The maximum absolute atomic E-state index is 13.0. The van der Waals surface area contributed by atoms with Crippen LogP contribution in [0.2, 0.25) is 0 Å². The molecule has 0 amide bonds. The Hall–Kier alpha value is -3.46. The summed E-state index contributed by atoms with van der Waals surface area (Å²) in [5.41, 5.74) is 7.74. The van der Waals surface area contributed by atoms with E-state index in [1.165, 1.54) is 0 Å². The lowest BCUT2D eigenvalue weighted by Gasteiger charge is -2.36. The van der Waals surface area contributed by atoms with E-state index in [-0.39, 0.29) is 18.0 Å². The first-order valence-corrected chi connectivity index (χ1v) is 11.2. The van der Waals surface area contributed by atoms with Crippen LogP contribution in [0, 0.1) is 6.92 Å². The number of aryl methyl sites for hydroxylation is 1. The Bertz CT molecular complexity index is 1280. The number of rotatable bonds is 7. The number of aliphatic imine (C=N–C) groups is 1. The molecule has 1 aromatic heterocycles. The van der Waals surface area contributed by atoms with Crippen molar-refractivity contribution in [2.45, 2.75) is 19.9 Å². The zero-order chi connectivity index (χ0) is 24.2. The Balaban J connectivity index is 2.13. The molecule has 8 heteroatoms. The van der Waals surface area contributed by atoms with Crippen LogP contribution >= 0.6 is 0 Å². The van der Waals surface area contributed by atoms with Gasteiger partial charge in [0.15, 0.2) is 0 Å². The highest BCUT2D eigenvalue weighted by molar-refractivity contribution is 6.16. The number of aromatic hydroxyl groups is 1. The van der Waals surface area contributed by atoms with Gasteiger partial charge >= 0.3 is 5.97 Å². The second-order valence-electron chi connectivity index (χ2n) is 7.98. The summed E-state index contributed by atoms with van der Waals surface area (Å²) in [6.45, 7) is 9.32. The number of benzene rings is 2. The van der Waals surface area contributed by atoms with Crippen LogP contribution in [0.15, 0.2) is 57.6 Å². The van der Waals surface area contributed by atoms with E-state index in [9.17, 15) is 9.90 Å². The summed E-state index contributed by atoms with van der Waals surface area (Å²) < 4.78 is 16.9. The highest BCUT2D eigenvalue weighted by Crippen LogP contribution is 2.47. The van der Waals surface area contributed by atoms with E-state index >= 15 is 0 Å². The number of phenols is 1. The van der Waals surface area contributed by atoms with Gasteiger partial charge in [0, 0.05) is 41.0 Å². The number of carbonyl (C=O) groups excluding carboxylic acids is 1. The molecule has 1 aliphatic heterocycles. The maximum atomic E-state index is 13.0. The highest BCUT2D eigenvalue weighted by atomic mass is 16.5. The van der Waals surface area contributed by atoms with Gasteiger partial charge in [0.2, 0.25) is 0 Å². The van der Waals surface area contributed by atoms with Gasteiger partial charge in [0.05, 0.1) is 19.3 Å². The van der Waals surface area contributed by atoms with Crippen molar-refractivity contribution >= 4 is 34.4 Å². The van der Waals surface area contributed by atoms with Crippen LogP contribution < -0.4 is 5.73 Å². The number of fused-ring (bicyclic) bond motifs is 3. The maximum Gasteiger partial charge on any atom is 0.343 e. The van der Waals surface area contributed by atoms with E-state index in [1.54, 1.807) is 13.1 Å². The molecule has 2 heterocycles. The summed E-state index contributed by atoms with van der Waals surface area (Å²) in [4.78, 5) is 19.1. The molecule has 0 saturated carbocycles. The topological polar surface area (TPSA) is 111 Å². The monoisotopic (exact) mass is 463 g/mol. The molecule has 3 N–H and O–H groups in total. The molecular weight excluding hydrogens is 434 g/mol. The number of allylic oxidation sites excluding steroid dienone is 1. The number of nitrogens with zero attached hydrogens (tertiary/aromatic N) is 2. The number of morpholine rings is 1. The van der Waals surface area contributed by atoms with Gasteiger partial charge in [0.25, 0.3) is 0 Å². The van der Waals surface area contributed by atoms with E-state index in [0.29, 0.717) is 59.4 Å². The second kappa shape index (κ2) is 10.2. The fraction of sp³-hybridized carbons (Fsp3) is 0.308. The van der Waals surface area contributed by atoms with E-state index in [1.807, 2.05) is 43.3 Å². The van der Waals surface area contributed by atoms with Crippen molar-refractivity contribution in [2.75, 3.05) is 33.0 Å². The summed E-state index contributed by atoms with van der Waals surface area (Å²) in [7, 11) is 0. The lowest BCUT2D eigenvalue weighted by molar-refractivity contribution is 0.0236. The van der Waals surface area contributed by atoms with Gasteiger partial charge in [-0.15, -0.1) is 0 Å². The first-order chi connectivity index (χ1) is 16.5. The normalized spacial score (nSPS) is 16.4. The summed E-state index contributed by atoms with van der Waals surface area (Å²) in [5, 5.41) is 13.6. The van der Waals surface area contributed by atoms with Gasteiger partial charge in [-0.1, -0.05) is 30.3 Å². The lowest BCUT2D eigenvalue weighted by Crippen LogP contribution is -2.39. The number of ether oxygens (including phenoxy) is 2. The molecule has 4 rings (SSSR count). The number of phenolic OH excluding ortho intramolecular Hbond substituents is 1. The summed E-state index contributed by atoms with van der Waals surface area (Å²) >= 11 is 0. The average Bonchev–Trinajstić information content (AvgIpc) is 3.20. The van der Waals surface area contributed by atoms with Crippen LogP contribution in [0.1, 0.15) is 34.6 Å². The van der Waals surface area contributed by atoms with Crippen LogP contribution in [0.5, 0.6) is 5.75 Å². The summed E-state index contributed by atoms with van der Waals surface area (Å²) in [5.74, 6) is -0.112. The Morgan fingerprint density at radius 2 is 2.03 bits per heavy atom. The first kappa shape index (κ1) is 23.7. The molecule has 1 unspecified atom stereocenters. The molecular formula is C26H29N3O5.